The van der Waals surface area contributed by atoms with Gasteiger partial charge in [-0.15, -0.1) is 0 Å². The zero-order chi connectivity index (χ0) is 14.7. The highest BCUT2D eigenvalue weighted by molar-refractivity contribution is 7.84. The summed E-state index contributed by atoms with van der Waals surface area (Å²) in [5.41, 5.74) is 1.36. The third-order valence-corrected chi connectivity index (χ3v) is 4.32. The van der Waals surface area contributed by atoms with Crippen LogP contribution < -0.4 is 0 Å². The highest BCUT2D eigenvalue weighted by Gasteiger charge is 2.10. The molecule has 110 valence electrons. The Morgan fingerprint density at radius 1 is 1.40 bits per heavy atom. The van der Waals surface area contributed by atoms with E-state index in [4.69, 9.17) is 27.9 Å². The van der Waals surface area contributed by atoms with E-state index in [1.807, 2.05) is 13.8 Å². The number of fused-ring (bicyclic) bond motifs is 1. The number of rotatable bonds is 6. The van der Waals surface area contributed by atoms with Gasteiger partial charge in [-0.1, -0.05) is 23.2 Å². The van der Waals surface area contributed by atoms with E-state index in [-0.39, 0.29) is 6.10 Å². The van der Waals surface area contributed by atoms with Gasteiger partial charge in [0.15, 0.2) is 5.65 Å². The molecular weight excluding hydrogens is 319 g/mol. The van der Waals surface area contributed by atoms with Crippen molar-refractivity contribution in [3.05, 3.63) is 34.2 Å². The van der Waals surface area contributed by atoms with Crippen molar-refractivity contribution in [2.45, 2.75) is 25.7 Å². The van der Waals surface area contributed by atoms with E-state index in [9.17, 15) is 4.21 Å². The maximum Gasteiger partial charge on any atom is 0.155 e. The first-order valence-corrected chi connectivity index (χ1v) is 8.49. The molecule has 0 saturated carbocycles. The predicted molar refractivity (Wildman–Crippen MR) is 83.0 cm³/mol. The van der Waals surface area contributed by atoms with Gasteiger partial charge in [-0.05, 0) is 19.9 Å². The van der Waals surface area contributed by atoms with Gasteiger partial charge in [-0.3, -0.25) is 4.21 Å². The molecule has 2 heterocycles. The van der Waals surface area contributed by atoms with E-state index < -0.39 is 10.8 Å². The molecule has 0 aliphatic rings. The van der Waals surface area contributed by atoms with Crippen molar-refractivity contribution >= 4 is 39.6 Å². The quantitative estimate of drug-likeness (QED) is 0.813. The molecule has 1 unspecified atom stereocenters. The van der Waals surface area contributed by atoms with Gasteiger partial charge < -0.3 is 9.14 Å². The molecule has 2 rings (SSSR count). The molecule has 2 aromatic rings. The fourth-order valence-corrected chi connectivity index (χ4v) is 3.18. The van der Waals surface area contributed by atoms with Gasteiger partial charge >= 0.3 is 0 Å². The van der Waals surface area contributed by atoms with Crippen molar-refractivity contribution < 1.29 is 8.95 Å². The average molecular weight is 335 g/mol. The minimum absolute atomic E-state index is 0.156. The Bertz CT molecular complexity index is 628. The number of imidazole rings is 1. The molecule has 1 atom stereocenters. The molecule has 0 spiro atoms. The Morgan fingerprint density at radius 2 is 2.15 bits per heavy atom. The Morgan fingerprint density at radius 3 is 2.85 bits per heavy atom. The Labute approximate surface area is 130 Å². The molecule has 0 aliphatic heterocycles. The summed E-state index contributed by atoms with van der Waals surface area (Å²) in [7, 11) is -1.00. The number of hydrogen-bond acceptors (Lipinski definition) is 3. The number of halogens is 2. The fraction of sp³-hybridized carbons (Fsp3) is 0.462. The summed E-state index contributed by atoms with van der Waals surface area (Å²) in [5.74, 6) is 0.887. The van der Waals surface area contributed by atoms with Crippen LogP contribution in [0.5, 0.6) is 0 Å². The molecule has 0 amide bonds. The summed E-state index contributed by atoms with van der Waals surface area (Å²) < 4.78 is 19.1. The lowest BCUT2D eigenvalue weighted by molar-refractivity contribution is 0.0916. The second-order valence-electron chi connectivity index (χ2n) is 4.68. The topological polar surface area (TPSA) is 43.6 Å². The molecule has 20 heavy (non-hydrogen) atoms. The predicted octanol–water partition coefficient (Wildman–Crippen LogP) is 3.31. The first kappa shape index (κ1) is 15.8. The van der Waals surface area contributed by atoms with Crippen LogP contribution in [0.3, 0.4) is 0 Å². The first-order valence-electron chi connectivity index (χ1n) is 6.25. The van der Waals surface area contributed by atoms with Crippen LogP contribution in [0.2, 0.25) is 10.0 Å². The maximum absolute atomic E-state index is 11.9. The molecule has 2 aromatic heterocycles. The summed E-state index contributed by atoms with van der Waals surface area (Å²) >= 11 is 12.0. The SMILES string of the molecule is CC(C)OCCS(=O)Cc1cn2cc(Cl)cc(Cl)c2n1. The van der Waals surface area contributed by atoms with Crippen LogP contribution in [0.15, 0.2) is 18.5 Å². The van der Waals surface area contributed by atoms with Crippen molar-refractivity contribution in [2.75, 3.05) is 12.4 Å². The van der Waals surface area contributed by atoms with E-state index in [1.165, 1.54) is 0 Å². The van der Waals surface area contributed by atoms with Crippen LogP contribution in [0.1, 0.15) is 19.5 Å². The van der Waals surface area contributed by atoms with E-state index in [0.29, 0.717) is 33.8 Å². The summed E-state index contributed by atoms with van der Waals surface area (Å²) in [6, 6.07) is 1.64. The van der Waals surface area contributed by atoms with Crippen molar-refractivity contribution in [3.8, 4) is 0 Å². The van der Waals surface area contributed by atoms with Crippen LogP contribution >= 0.6 is 23.2 Å². The van der Waals surface area contributed by atoms with Gasteiger partial charge in [-0.25, -0.2) is 4.98 Å². The number of nitrogens with zero attached hydrogens (tertiary/aromatic N) is 2. The molecule has 0 fully saturated rings. The molecule has 4 nitrogen and oxygen atoms in total. The zero-order valence-corrected chi connectivity index (χ0v) is 13.6. The van der Waals surface area contributed by atoms with Crippen LogP contribution in [0.4, 0.5) is 0 Å². The summed E-state index contributed by atoms with van der Waals surface area (Å²) in [6.07, 6.45) is 3.68. The van der Waals surface area contributed by atoms with Gasteiger partial charge in [0.25, 0.3) is 0 Å². The van der Waals surface area contributed by atoms with Gasteiger partial charge in [0.2, 0.25) is 0 Å². The number of ether oxygens (including phenoxy) is 1. The Kier molecular flexibility index (Phi) is 5.43. The minimum atomic E-state index is -1.00. The zero-order valence-electron chi connectivity index (χ0n) is 11.3. The highest BCUT2D eigenvalue weighted by Crippen LogP contribution is 2.22. The van der Waals surface area contributed by atoms with Gasteiger partial charge in [0.05, 0.1) is 34.2 Å². The van der Waals surface area contributed by atoms with Crippen molar-refractivity contribution in [2.24, 2.45) is 0 Å². The molecule has 0 aliphatic carbocycles. The van der Waals surface area contributed by atoms with Gasteiger partial charge in [0, 0.05) is 28.9 Å². The third kappa shape index (κ3) is 4.19. The molecule has 0 aromatic carbocycles. The largest absolute Gasteiger partial charge is 0.378 e. The summed E-state index contributed by atoms with van der Waals surface area (Å²) in [5, 5.41) is 1.02. The molecule has 0 radical (unpaired) electrons. The van der Waals surface area contributed by atoms with E-state index >= 15 is 0 Å². The van der Waals surface area contributed by atoms with Crippen LogP contribution in [0, 0.1) is 0 Å². The van der Waals surface area contributed by atoms with E-state index in [0.717, 1.165) is 5.69 Å². The number of hydrogen-bond donors (Lipinski definition) is 0. The summed E-state index contributed by atoms with van der Waals surface area (Å²) in [6.45, 7) is 4.40. The molecule has 0 bridgehead atoms. The first-order chi connectivity index (χ1) is 9.45. The number of aromatic nitrogens is 2. The standard InChI is InChI=1S/C13H16Cl2N2O2S/c1-9(2)19-3-4-20(18)8-11-7-17-6-10(14)5-12(15)13(17)16-11/h5-7,9H,3-4,8H2,1-2H3. The monoisotopic (exact) mass is 334 g/mol. The lowest BCUT2D eigenvalue weighted by atomic mass is 10.5. The van der Waals surface area contributed by atoms with Gasteiger partial charge in [0.1, 0.15) is 0 Å². The van der Waals surface area contributed by atoms with E-state index in [1.54, 1.807) is 22.9 Å². The second-order valence-corrected chi connectivity index (χ2v) is 7.10. The molecule has 7 heteroatoms. The Hall–Kier alpha value is -0.620. The second kappa shape index (κ2) is 6.89. The highest BCUT2D eigenvalue weighted by atomic mass is 35.5. The maximum atomic E-state index is 11.9. The van der Waals surface area contributed by atoms with E-state index in [2.05, 4.69) is 4.98 Å². The average Bonchev–Trinajstić information content (AvgIpc) is 2.71. The van der Waals surface area contributed by atoms with Gasteiger partial charge in [-0.2, -0.15) is 0 Å². The normalized spacial score (nSPS) is 13.2. The van der Waals surface area contributed by atoms with Crippen LogP contribution in [-0.4, -0.2) is 32.1 Å². The lowest BCUT2D eigenvalue weighted by Crippen LogP contribution is -2.12. The molecule has 0 N–H and O–H groups in total. The van der Waals surface area contributed by atoms with Crippen molar-refractivity contribution in [1.29, 1.82) is 0 Å². The number of pyridine rings is 1. The van der Waals surface area contributed by atoms with Crippen molar-refractivity contribution in [1.82, 2.24) is 9.38 Å². The van der Waals surface area contributed by atoms with Crippen LogP contribution in [-0.2, 0) is 21.3 Å². The lowest BCUT2D eigenvalue weighted by Gasteiger charge is -2.06. The smallest absolute Gasteiger partial charge is 0.155 e. The summed E-state index contributed by atoms with van der Waals surface area (Å²) in [4.78, 5) is 4.38. The van der Waals surface area contributed by atoms with Crippen LogP contribution in [0.25, 0.3) is 5.65 Å². The minimum Gasteiger partial charge on any atom is -0.378 e. The Balaban J connectivity index is 2.03. The fourth-order valence-electron chi connectivity index (χ4n) is 1.76. The molecular formula is C13H16Cl2N2O2S. The third-order valence-electron chi connectivity index (χ3n) is 2.59. The molecule has 0 saturated heterocycles. The van der Waals surface area contributed by atoms with Crippen molar-refractivity contribution in [3.63, 3.8) is 0 Å².